The maximum Gasteiger partial charge on any atom is 0.270 e. The molecule has 3 rings (SSSR count). The van der Waals surface area contributed by atoms with E-state index < -0.39 is 15.7 Å². The highest BCUT2D eigenvalue weighted by atomic mass is 32.2. The Morgan fingerprint density at radius 2 is 1.96 bits per heavy atom. The zero-order valence-corrected chi connectivity index (χ0v) is 16.4. The Labute approximate surface area is 165 Å². The number of benzene rings is 2. The standard InChI is InChI=1S/C20H21N3O4S/c1-2-28(27)12-6-11-22-18-10-9-16(23(25)26)13-17(18)20(21-14-19(22)24)15-7-4-3-5-8-15/h3-5,7-10,13H,2,6,11-12,14H2,1H3. The van der Waals surface area contributed by atoms with E-state index in [0.29, 0.717) is 41.4 Å². The van der Waals surface area contributed by atoms with Crippen LogP contribution in [0.25, 0.3) is 0 Å². The maximum absolute atomic E-state index is 12.7. The predicted molar refractivity (Wildman–Crippen MR) is 111 cm³/mol. The fourth-order valence-corrected chi connectivity index (χ4v) is 3.87. The van der Waals surface area contributed by atoms with Crippen LogP contribution in [0.5, 0.6) is 0 Å². The van der Waals surface area contributed by atoms with Gasteiger partial charge in [0.05, 0.1) is 16.3 Å². The van der Waals surface area contributed by atoms with Gasteiger partial charge >= 0.3 is 0 Å². The third kappa shape index (κ3) is 4.33. The molecule has 146 valence electrons. The summed E-state index contributed by atoms with van der Waals surface area (Å²) >= 11 is 0. The molecule has 8 heteroatoms. The Kier molecular flexibility index (Phi) is 6.30. The van der Waals surface area contributed by atoms with Crippen LogP contribution in [0.15, 0.2) is 53.5 Å². The van der Waals surface area contributed by atoms with Gasteiger partial charge in [-0.3, -0.25) is 24.1 Å². The molecule has 1 heterocycles. The van der Waals surface area contributed by atoms with Gasteiger partial charge in [0.15, 0.2) is 0 Å². The van der Waals surface area contributed by atoms with Gasteiger partial charge in [0.2, 0.25) is 5.91 Å². The van der Waals surface area contributed by atoms with E-state index in [9.17, 15) is 19.1 Å². The first kappa shape index (κ1) is 19.9. The maximum atomic E-state index is 12.7. The molecular formula is C20H21N3O4S. The molecule has 0 N–H and O–H groups in total. The first-order valence-electron chi connectivity index (χ1n) is 9.05. The monoisotopic (exact) mass is 399 g/mol. The number of aliphatic imine (C=N–C) groups is 1. The van der Waals surface area contributed by atoms with Crippen molar-refractivity contribution in [2.45, 2.75) is 13.3 Å². The minimum atomic E-state index is -0.907. The van der Waals surface area contributed by atoms with Crippen LogP contribution in [-0.4, -0.2) is 45.3 Å². The minimum Gasteiger partial charge on any atom is -0.310 e. The fourth-order valence-electron chi connectivity index (χ4n) is 3.13. The van der Waals surface area contributed by atoms with E-state index in [2.05, 4.69) is 4.99 Å². The number of hydrogen-bond donors (Lipinski definition) is 0. The van der Waals surface area contributed by atoms with Gasteiger partial charge in [-0.15, -0.1) is 0 Å². The van der Waals surface area contributed by atoms with Crippen molar-refractivity contribution in [2.24, 2.45) is 4.99 Å². The van der Waals surface area contributed by atoms with Crippen molar-refractivity contribution in [3.8, 4) is 0 Å². The number of anilines is 1. The van der Waals surface area contributed by atoms with E-state index >= 15 is 0 Å². The highest BCUT2D eigenvalue weighted by Crippen LogP contribution is 2.30. The van der Waals surface area contributed by atoms with Crippen LogP contribution in [-0.2, 0) is 15.6 Å². The van der Waals surface area contributed by atoms with Crippen molar-refractivity contribution in [3.05, 3.63) is 69.8 Å². The smallest absolute Gasteiger partial charge is 0.270 e. The molecule has 0 spiro atoms. The molecule has 1 unspecified atom stereocenters. The lowest BCUT2D eigenvalue weighted by molar-refractivity contribution is -0.384. The Balaban J connectivity index is 2.03. The molecular weight excluding hydrogens is 378 g/mol. The zero-order valence-electron chi connectivity index (χ0n) is 15.5. The second-order valence-corrected chi connectivity index (χ2v) is 8.19. The van der Waals surface area contributed by atoms with Gasteiger partial charge in [0.25, 0.3) is 5.69 Å². The third-order valence-electron chi connectivity index (χ3n) is 4.53. The van der Waals surface area contributed by atoms with Gasteiger partial charge in [0, 0.05) is 52.1 Å². The van der Waals surface area contributed by atoms with Crippen LogP contribution >= 0.6 is 0 Å². The molecule has 28 heavy (non-hydrogen) atoms. The number of carbonyl (C=O) groups is 1. The average molecular weight is 399 g/mol. The lowest BCUT2D eigenvalue weighted by atomic mass is 9.99. The molecule has 0 aromatic heterocycles. The summed E-state index contributed by atoms with van der Waals surface area (Å²) in [6.07, 6.45) is 0.587. The largest absolute Gasteiger partial charge is 0.310 e. The second-order valence-electron chi connectivity index (χ2n) is 6.32. The van der Waals surface area contributed by atoms with Crippen LogP contribution in [0.2, 0.25) is 0 Å². The van der Waals surface area contributed by atoms with Crippen LogP contribution in [0, 0.1) is 10.1 Å². The number of nitro benzene ring substituents is 1. The SMILES string of the molecule is CCS(=O)CCCN1C(=O)CN=C(c2ccccc2)c2cc([N+](=O)[O-])ccc21. The third-order valence-corrected chi connectivity index (χ3v) is 5.92. The molecule has 2 aromatic carbocycles. The molecule has 0 bridgehead atoms. The summed E-state index contributed by atoms with van der Waals surface area (Å²) in [5, 5.41) is 11.3. The molecule has 1 amide bonds. The molecule has 0 aliphatic carbocycles. The van der Waals surface area contributed by atoms with Gasteiger partial charge < -0.3 is 4.90 Å². The quantitative estimate of drug-likeness (QED) is 0.528. The number of rotatable bonds is 7. The highest BCUT2D eigenvalue weighted by molar-refractivity contribution is 7.84. The lowest BCUT2D eigenvalue weighted by Crippen LogP contribution is -2.34. The van der Waals surface area contributed by atoms with E-state index in [1.807, 2.05) is 37.3 Å². The number of amides is 1. The van der Waals surface area contributed by atoms with Crippen molar-refractivity contribution < 1.29 is 13.9 Å². The Hall–Kier alpha value is -2.87. The van der Waals surface area contributed by atoms with Gasteiger partial charge in [-0.2, -0.15) is 0 Å². The van der Waals surface area contributed by atoms with Crippen LogP contribution in [0.3, 0.4) is 0 Å². The van der Waals surface area contributed by atoms with E-state index in [4.69, 9.17) is 0 Å². The molecule has 0 radical (unpaired) electrons. The molecule has 0 fully saturated rings. The summed E-state index contributed by atoms with van der Waals surface area (Å²) in [7, 11) is -0.907. The number of non-ortho nitro benzene ring substituents is 1. The van der Waals surface area contributed by atoms with Crippen molar-refractivity contribution in [1.29, 1.82) is 0 Å². The van der Waals surface area contributed by atoms with Gasteiger partial charge in [-0.05, 0) is 12.5 Å². The molecule has 0 saturated heterocycles. The molecule has 1 aliphatic heterocycles. The summed E-state index contributed by atoms with van der Waals surface area (Å²) in [4.78, 5) is 29.6. The van der Waals surface area contributed by atoms with Gasteiger partial charge in [-0.1, -0.05) is 37.3 Å². The Bertz CT molecular complexity index is 944. The van der Waals surface area contributed by atoms with E-state index in [-0.39, 0.29) is 18.1 Å². The first-order valence-corrected chi connectivity index (χ1v) is 10.5. The predicted octanol–water partition coefficient (Wildman–Crippen LogP) is 2.94. The van der Waals surface area contributed by atoms with Crippen LogP contribution < -0.4 is 4.90 Å². The van der Waals surface area contributed by atoms with Crippen molar-refractivity contribution in [3.63, 3.8) is 0 Å². The van der Waals surface area contributed by atoms with Crippen LogP contribution in [0.4, 0.5) is 11.4 Å². The lowest BCUT2D eigenvalue weighted by Gasteiger charge is -2.23. The van der Waals surface area contributed by atoms with E-state index in [1.54, 1.807) is 11.0 Å². The van der Waals surface area contributed by atoms with Crippen molar-refractivity contribution in [2.75, 3.05) is 29.5 Å². The Morgan fingerprint density at radius 1 is 1.21 bits per heavy atom. The number of carbonyl (C=O) groups excluding carboxylic acids is 1. The highest BCUT2D eigenvalue weighted by Gasteiger charge is 2.26. The molecule has 0 saturated carbocycles. The van der Waals surface area contributed by atoms with Crippen LogP contribution in [0.1, 0.15) is 24.5 Å². The number of hydrogen-bond acceptors (Lipinski definition) is 5. The summed E-state index contributed by atoms with van der Waals surface area (Å²) in [5.74, 6) is 0.913. The number of benzodiazepines with no additional fused rings is 1. The van der Waals surface area contributed by atoms with E-state index in [1.165, 1.54) is 12.1 Å². The molecule has 7 nitrogen and oxygen atoms in total. The van der Waals surface area contributed by atoms with Gasteiger partial charge in [0.1, 0.15) is 6.54 Å². The second kappa shape index (κ2) is 8.88. The van der Waals surface area contributed by atoms with Crippen molar-refractivity contribution in [1.82, 2.24) is 0 Å². The number of nitro groups is 1. The van der Waals surface area contributed by atoms with Crippen molar-refractivity contribution >= 4 is 33.8 Å². The normalized spacial score (nSPS) is 14.8. The molecule has 1 aliphatic rings. The summed E-state index contributed by atoms with van der Waals surface area (Å²) in [6.45, 7) is 2.22. The topological polar surface area (TPSA) is 92.9 Å². The van der Waals surface area contributed by atoms with E-state index in [0.717, 1.165) is 5.56 Å². The minimum absolute atomic E-state index is 0.0381. The first-order chi connectivity index (χ1) is 13.5. The summed E-state index contributed by atoms with van der Waals surface area (Å²) < 4.78 is 11.7. The van der Waals surface area contributed by atoms with Gasteiger partial charge in [-0.25, -0.2) is 0 Å². The summed E-state index contributed by atoms with van der Waals surface area (Å²) in [5.41, 5.74) is 2.46. The summed E-state index contributed by atoms with van der Waals surface area (Å²) in [6, 6.07) is 13.8. The Morgan fingerprint density at radius 3 is 2.64 bits per heavy atom. The molecule has 1 atom stereocenters. The fraction of sp³-hybridized carbons (Fsp3) is 0.300. The number of nitrogens with zero attached hydrogens (tertiary/aromatic N) is 3. The molecule has 2 aromatic rings. The average Bonchev–Trinajstić information content (AvgIpc) is 2.84. The number of fused-ring (bicyclic) bond motifs is 1. The zero-order chi connectivity index (χ0) is 20.1.